The van der Waals surface area contributed by atoms with Crippen LogP contribution in [0.15, 0.2) is 24.8 Å². The maximum absolute atomic E-state index is 4.64. The second-order valence-electron chi connectivity index (χ2n) is 6.78. The Bertz CT molecular complexity index is 617. The molecule has 1 aliphatic rings. The first-order valence-corrected chi connectivity index (χ1v) is 8.73. The molecule has 23 heavy (non-hydrogen) atoms. The summed E-state index contributed by atoms with van der Waals surface area (Å²) in [6, 6.07) is 0.640. The molecule has 2 aromatic heterocycles. The van der Waals surface area contributed by atoms with E-state index in [9.17, 15) is 0 Å². The van der Waals surface area contributed by atoms with Crippen LogP contribution < -0.4 is 0 Å². The lowest BCUT2D eigenvalue weighted by molar-refractivity contribution is 0.139. The van der Waals surface area contributed by atoms with Crippen LogP contribution in [0.3, 0.4) is 0 Å². The van der Waals surface area contributed by atoms with E-state index < -0.39 is 0 Å². The molecule has 0 aliphatic carbocycles. The molecule has 1 atom stereocenters. The Morgan fingerprint density at radius 1 is 1.22 bits per heavy atom. The van der Waals surface area contributed by atoms with Crippen molar-refractivity contribution in [3.05, 3.63) is 30.5 Å². The Morgan fingerprint density at radius 3 is 2.74 bits per heavy atom. The van der Waals surface area contributed by atoms with Crippen molar-refractivity contribution in [2.75, 3.05) is 13.1 Å². The molecule has 1 aliphatic heterocycles. The Kier molecular flexibility index (Phi) is 5.06. The molecule has 5 nitrogen and oxygen atoms in total. The van der Waals surface area contributed by atoms with Crippen LogP contribution in [0.25, 0.3) is 11.3 Å². The molecule has 3 heterocycles. The molecule has 124 valence electrons. The second kappa shape index (κ2) is 7.21. The van der Waals surface area contributed by atoms with Crippen molar-refractivity contribution in [3.63, 3.8) is 0 Å². The third kappa shape index (κ3) is 3.96. The molecular weight excluding hydrogens is 286 g/mol. The fourth-order valence-corrected chi connectivity index (χ4v) is 3.31. The summed E-state index contributed by atoms with van der Waals surface area (Å²) >= 11 is 0. The van der Waals surface area contributed by atoms with Gasteiger partial charge in [0.2, 0.25) is 0 Å². The lowest BCUT2D eigenvalue weighted by Gasteiger charge is -2.35. The smallest absolute Gasteiger partial charge is 0.0916 e. The molecule has 0 amide bonds. The molecule has 0 N–H and O–H groups in total. The highest BCUT2D eigenvalue weighted by atomic mass is 15.3. The molecule has 0 spiro atoms. The van der Waals surface area contributed by atoms with Crippen LogP contribution in [0.5, 0.6) is 0 Å². The summed E-state index contributed by atoms with van der Waals surface area (Å²) in [7, 11) is 0. The van der Waals surface area contributed by atoms with E-state index in [1.165, 1.54) is 25.9 Å². The van der Waals surface area contributed by atoms with Gasteiger partial charge in [0, 0.05) is 37.1 Å². The number of aromatic nitrogens is 4. The minimum atomic E-state index is 0.640. The van der Waals surface area contributed by atoms with Crippen LogP contribution in [-0.4, -0.2) is 43.8 Å². The largest absolute Gasteiger partial charge is 0.301 e. The number of hydrogen-bond acceptors (Lipinski definition) is 4. The average molecular weight is 313 g/mol. The number of aryl methyl sites for hydroxylation is 1. The summed E-state index contributed by atoms with van der Waals surface area (Å²) in [6.07, 6.45) is 11.3. The van der Waals surface area contributed by atoms with Gasteiger partial charge in [0.25, 0.3) is 0 Å². The molecule has 1 saturated heterocycles. The summed E-state index contributed by atoms with van der Waals surface area (Å²) in [5.41, 5.74) is 3.04. The second-order valence-corrected chi connectivity index (χ2v) is 6.78. The zero-order chi connectivity index (χ0) is 16.2. The molecule has 0 unspecified atom stereocenters. The van der Waals surface area contributed by atoms with Crippen molar-refractivity contribution in [1.82, 2.24) is 24.6 Å². The standard InChI is InChI=1S/C18H27N5/c1-4-23-13-16(9-21-23)18-11-19-17(10-20-18)8-15-6-5-7-22(12-15)14(2)3/h9-11,13-15H,4-8,12H2,1-3H3/t15-/m0/s1. The zero-order valence-electron chi connectivity index (χ0n) is 14.4. The van der Waals surface area contributed by atoms with E-state index in [0.29, 0.717) is 12.0 Å². The van der Waals surface area contributed by atoms with Crippen LogP contribution in [0.4, 0.5) is 0 Å². The van der Waals surface area contributed by atoms with E-state index in [1.807, 2.05) is 29.5 Å². The normalized spacial score (nSPS) is 19.4. The highest BCUT2D eigenvalue weighted by molar-refractivity contribution is 5.55. The molecule has 5 heteroatoms. The average Bonchev–Trinajstić information content (AvgIpc) is 3.05. The third-order valence-electron chi connectivity index (χ3n) is 4.74. The van der Waals surface area contributed by atoms with Crippen LogP contribution in [0.1, 0.15) is 39.3 Å². The van der Waals surface area contributed by atoms with Crippen LogP contribution in [0, 0.1) is 5.92 Å². The third-order valence-corrected chi connectivity index (χ3v) is 4.74. The van der Waals surface area contributed by atoms with Gasteiger partial charge in [-0.3, -0.25) is 14.6 Å². The van der Waals surface area contributed by atoms with E-state index >= 15 is 0 Å². The highest BCUT2D eigenvalue weighted by Crippen LogP contribution is 2.22. The summed E-state index contributed by atoms with van der Waals surface area (Å²) in [5.74, 6) is 0.703. The van der Waals surface area contributed by atoms with Crippen LogP contribution in [-0.2, 0) is 13.0 Å². The lowest BCUT2D eigenvalue weighted by atomic mass is 9.93. The first-order valence-electron chi connectivity index (χ1n) is 8.73. The quantitative estimate of drug-likeness (QED) is 0.851. The predicted molar refractivity (Wildman–Crippen MR) is 92.1 cm³/mol. The Morgan fingerprint density at radius 2 is 2.09 bits per heavy atom. The molecule has 0 bridgehead atoms. The monoisotopic (exact) mass is 313 g/mol. The number of hydrogen-bond donors (Lipinski definition) is 0. The minimum absolute atomic E-state index is 0.640. The van der Waals surface area contributed by atoms with Gasteiger partial charge in [0.15, 0.2) is 0 Å². The molecular formula is C18H27N5. The topological polar surface area (TPSA) is 46.8 Å². The Hall–Kier alpha value is -1.75. The van der Waals surface area contributed by atoms with E-state index in [0.717, 1.165) is 29.9 Å². The van der Waals surface area contributed by atoms with Crippen molar-refractivity contribution in [1.29, 1.82) is 0 Å². The van der Waals surface area contributed by atoms with Gasteiger partial charge >= 0.3 is 0 Å². The number of nitrogens with zero attached hydrogens (tertiary/aromatic N) is 5. The summed E-state index contributed by atoms with van der Waals surface area (Å²) in [5, 5.41) is 4.30. The van der Waals surface area contributed by atoms with Gasteiger partial charge in [-0.1, -0.05) is 0 Å². The fraction of sp³-hybridized carbons (Fsp3) is 0.611. The Labute approximate surface area is 138 Å². The minimum Gasteiger partial charge on any atom is -0.301 e. The molecule has 3 rings (SSSR count). The van der Waals surface area contributed by atoms with Gasteiger partial charge in [-0.25, -0.2) is 0 Å². The van der Waals surface area contributed by atoms with Gasteiger partial charge in [-0.05, 0) is 52.5 Å². The first-order chi connectivity index (χ1) is 11.2. The van der Waals surface area contributed by atoms with Gasteiger partial charge in [0.1, 0.15) is 0 Å². The SMILES string of the molecule is CCn1cc(-c2cnc(C[C@@H]3CCCN(C(C)C)C3)cn2)cn1. The van der Waals surface area contributed by atoms with Crippen LogP contribution in [0.2, 0.25) is 0 Å². The van der Waals surface area contributed by atoms with Gasteiger partial charge in [-0.15, -0.1) is 0 Å². The van der Waals surface area contributed by atoms with E-state index in [2.05, 4.69) is 40.7 Å². The maximum atomic E-state index is 4.64. The van der Waals surface area contributed by atoms with Crippen LogP contribution >= 0.6 is 0 Å². The van der Waals surface area contributed by atoms with Gasteiger partial charge < -0.3 is 4.90 Å². The summed E-state index contributed by atoms with van der Waals surface area (Å²) < 4.78 is 1.91. The highest BCUT2D eigenvalue weighted by Gasteiger charge is 2.22. The number of likely N-dealkylation sites (tertiary alicyclic amines) is 1. The molecule has 1 fully saturated rings. The van der Waals surface area contributed by atoms with E-state index in [1.54, 1.807) is 0 Å². The lowest BCUT2D eigenvalue weighted by Crippen LogP contribution is -2.40. The van der Waals surface area contributed by atoms with Crippen molar-refractivity contribution in [3.8, 4) is 11.3 Å². The maximum Gasteiger partial charge on any atom is 0.0916 e. The molecule has 0 saturated carbocycles. The summed E-state index contributed by atoms with van der Waals surface area (Å²) in [4.78, 5) is 11.8. The van der Waals surface area contributed by atoms with Crippen molar-refractivity contribution >= 4 is 0 Å². The van der Waals surface area contributed by atoms with Gasteiger partial charge in [0.05, 0.1) is 23.8 Å². The summed E-state index contributed by atoms with van der Waals surface area (Å²) in [6.45, 7) is 9.95. The van der Waals surface area contributed by atoms with E-state index in [-0.39, 0.29) is 0 Å². The van der Waals surface area contributed by atoms with Gasteiger partial charge in [-0.2, -0.15) is 5.10 Å². The van der Waals surface area contributed by atoms with Crippen molar-refractivity contribution < 1.29 is 0 Å². The first kappa shape index (κ1) is 16.1. The molecule has 2 aromatic rings. The van der Waals surface area contributed by atoms with Crippen molar-refractivity contribution in [2.24, 2.45) is 5.92 Å². The molecule has 0 aromatic carbocycles. The van der Waals surface area contributed by atoms with Crippen molar-refractivity contribution in [2.45, 2.75) is 52.6 Å². The number of rotatable bonds is 5. The molecule has 0 radical (unpaired) electrons. The zero-order valence-corrected chi connectivity index (χ0v) is 14.4. The number of piperidine rings is 1. The predicted octanol–water partition coefficient (Wildman–Crippen LogP) is 3.02. The fourth-order valence-electron chi connectivity index (χ4n) is 3.31. The Balaban J connectivity index is 1.63. The van der Waals surface area contributed by atoms with E-state index in [4.69, 9.17) is 0 Å².